The minimum Gasteiger partial charge on any atom is -0.381 e. The maximum Gasteiger partial charge on any atom is 0.0480 e. The number of ether oxygens (including phenoxy) is 1. The van der Waals surface area contributed by atoms with Crippen LogP contribution in [0, 0.1) is 5.92 Å². The zero-order chi connectivity index (χ0) is 13.8. The molecule has 0 amide bonds. The molecular formula is C16H23ClN2O. The van der Waals surface area contributed by atoms with Crippen LogP contribution in [0.4, 0.5) is 5.69 Å². The molecular weight excluding hydrogens is 272 g/mol. The van der Waals surface area contributed by atoms with Gasteiger partial charge in [-0.1, -0.05) is 17.7 Å². The number of benzene rings is 1. The number of nitrogens with zero attached hydrogens (tertiary/aromatic N) is 1. The second-order valence-electron chi connectivity index (χ2n) is 5.88. The number of hydrogen-bond donors (Lipinski definition) is 1. The van der Waals surface area contributed by atoms with Gasteiger partial charge in [0.25, 0.3) is 0 Å². The van der Waals surface area contributed by atoms with E-state index in [1.165, 1.54) is 12.1 Å². The van der Waals surface area contributed by atoms with Crippen molar-refractivity contribution in [2.24, 2.45) is 5.92 Å². The zero-order valence-corrected chi connectivity index (χ0v) is 12.6. The Morgan fingerprint density at radius 1 is 1.25 bits per heavy atom. The molecule has 2 heterocycles. The predicted molar refractivity (Wildman–Crippen MR) is 83.6 cm³/mol. The Morgan fingerprint density at radius 2 is 2.10 bits per heavy atom. The quantitative estimate of drug-likeness (QED) is 0.924. The first-order valence-electron chi connectivity index (χ1n) is 7.63. The molecule has 0 saturated carbocycles. The molecule has 1 aromatic rings. The molecule has 0 aromatic heterocycles. The molecule has 4 heteroatoms. The highest BCUT2D eigenvalue weighted by Crippen LogP contribution is 2.25. The van der Waals surface area contributed by atoms with Gasteiger partial charge in [-0.3, -0.25) is 0 Å². The Kier molecular flexibility index (Phi) is 4.81. The molecule has 2 aliphatic heterocycles. The first kappa shape index (κ1) is 14.2. The van der Waals surface area contributed by atoms with Gasteiger partial charge in [0.1, 0.15) is 0 Å². The monoisotopic (exact) mass is 294 g/mol. The fraction of sp³-hybridized carbons (Fsp3) is 0.625. The maximum absolute atomic E-state index is 6.07. The summed E-state index contributed by atoms with van der Waals surface area (Å²) < 4.78 is 5.40. The van der Waals surface area contributed by atoms with E-state index in [1.54, 1.807) is 0 Å². The Labute approximate surface area is 126 Å². The summed E-state index contributed by atoms with van der Waals surface area (Å²) in [4.78, 5) is 2.45. The van der Waals surface area contributed by atoms with E-state index in [-0.39, 0.29) is 0 Å². The van der Waals surface area contributed by atoms with Gasteiger partial charge in [-0.2, -0.15) is 0 Å². The van der Waals surface area contributed by atoms with Gasteiger partial charge >= 0.3 is 0 Å². The van der Waals surface area contributed by atoms with E-state index in [2.05, 4.69) is 22.3 Å². The SMILES string of the molecule is Clc1cccc(N2CC[C@H](CNC3CCOCC3)C2)c1. The highest BCUT2D eigenvalue weighted by atomic mass is 35.5. The van der Waals surface area contributed by atoms with Crippen LogP contribution in [-0.4, -0.2) is 38.9 Å². The van der Waals surface area contributed by atoms with Gasteiger partial charge in [0.15, 0.2) is 0 Å². The van der Waals surface area contributed by atoms with Crippen molar-refractivity contribution < 1.29 is 4.74 Å². The fourth-order valence-corrected chi connectivity index (χ4v) is 3.33. The third-order valence-corrected chi connectivity index (χ3v) is 4.61. The van der Waals surface area contributed by atoms with Crippen molar-refractivity contribution in [3.8, 4) is 0 Å². The lowest BCUT2D eigenvalue weighted by Gasteiger charge is -2.25. The van der Waals surface area contributed by atoms with Crippen molar-refractivity contribution in [2.75, 3.05) is 37.7 Å². The number of anilines is 1. The minimum absolute atomic E-state index is 0.656. The fourth-order valence-electron chi connectivity index (χ4n) is 3.14. The average Bonchev–Trinajstić information content (AvgIpc) is 2.95. The first-order valence-corrected chi connectivity index (χ1v) is 8.01. The Bertz CT molecular complexity index is 434. The van der Waals surface area contributed by atoms with E-state index in [0.29, 0.717) is 6.04 Å². The van der Waals surface area contributed by atoms with E-state index in [0.717, 1.165) is 56.6 Å². The van der Waals surface area contributed by atoms with Crippen molar-refractivity contribution in [2.45, 2.75) is 25.3 Å². The molecule has 0 unspecified atom stereocenters. The zero-order valence-electron chi connectivity index (χ0n) is 11.9. The Morgan fingerprint density at radius 3 is 2.90 bits per heavy atom. The molecule has 1 N–H and O–H groups in total. The lowest BCUT2D eigenvalue weighted by molar-refractivity contribution is 0.0771. The van der Waals surface area contributed by atoms with Crippen LogP contribution in [-0.2, 0) is 4.74 Å². The summed E-state index contributed by atoms with van der Waals surface area (Å²) >= 11 is 6.07. The lowest BCUT2D eigenvalue weighted by atomic mass is 10.1. The van der Waals surface area contributed by atoms with Gasteiger partial charge in [0.2, 0.25) is 0 Å². The van der Waals surface area contributed by atoms with E-state index in [9.17, 15) is 0 Å². The molecule has 1 atom stereocenters. The molecule has 0 aliphatic carbocycles. The van der Waals surface area contributed by atoms with Gasteiger partial charge in [0, 0.05) is 43.1 Å². The minimum atomic E-state index is 0.656. The molecule has 1 aromatic carbocycles. The number of rotatable bonds is 4. The van der Waals surface area contributed by atoms with Crippen LogP contribution < -0.4 is 10.2 Å². The number of hydrogen-bond acceptors (Lipinski definition) is 3. The van der Waals surface area contributed by atoms with Gasteiger partial charge in [-0.25, -0.2) is 0 Å². The van der Waals surface area contributed by atoms with Gasteiger partial charge < -0.3 is 15.0 Å². The molecule has 110 valence electrons. The topological polar surface area (TPSA) is 24.5 Å². The normalized spacial score (nSPS) is 24.2. The van der Waals surface area contributed by atoms with E-state index < -0.39 is 0 Å². The second kappa shape index (κ2) is 6.79. The van der Waals surface area contributed by atoms with Crippen LogP contribution in [0.5, 0.6) is 0 Å². The molecule has 0 bridgehead atoms. The molecule has 0 radical (unpaired) electrons. The maximum atomic E-state index is 6.07. The van der Waals surface area contributed by atoms with E-state index >= 15 is 0 Å². The smallest absolute Gasteiger partial charge is 0.0480 e. The molecule has 2 saturated heterocycles. The second-order valence-corrected chi connectivity index (χ2v) is 6.31. The summed E-state index contributed by atoms with van der Waals surface area (Å²) in [5.74, 6) is 0.747. The molecule has 0 spiro atoms. The first-order chi connectivity index (χ1) is 9.81. The number of halogens is 1. The van der Waals surface area contributed by atoms with E-state index in [4.69, 9.17) is 16.3 Å². The predicted octanol–water partition coefficient (Wildman–Crippen LogP) is 2.93. The van der Waals surface area contributed by atoms with Crippen molar-refractivity contribution >= 4 is 17.3 Å². The largest absolute Gasteiger partial charge is 0.381 e. The summed E-state index contributed by atoms with van der Waals surface area (Å²) in [5, 5.41) is 4.54. The van der Waals surface area contributed by atoms with Gasteiger partial charge in [-0.15, -0.1) is 0 Å². The van der Waals surface area contributed by atoms with Crippen LogP contribution >= 0.6 is 11.6 Å². The van der Waals surface area contributed by atoms with Crippen LogP contribution in [0.25, 0.3) is 0 Å². The standard InChI is InChI=1S/C16H23ClN2O/c17-14-2-1-3-16(10-14)19-7-4-13(12-19)11-18-15-5-8-20-9-6-15/h1-3,10,13,15,18H,4-9,11-12H2/t13-/m1/s1. The summed E-state index contributed by atoms with van der Waals surface area (Å²) in [6, 6.07) is 8.84. The highest BCUT2D eigenvalue weighted by molar-refractivity contribution is 6.30. The van der Waals surface area contributed by atoms with Crippen LogP contribution in [0.3, 0.4) is 0 Å². The van der Waals surface area contributed by atoms with Crippen molar-refractivity contribution in [1.82, 2.24) is 5.32 Å². The van der Waals surface area contributed by atoms with Crippen LogP contribution in [0.15, 0.2) is 24.3 Å². The third-order valence-electron chi connectivity index (χ3n) is 4.38. The van der Waals surface area contributed by atoms with Crippen molar-refractivity contribution in [1.29, 1.82) is 0 Å². The summed E-state index contributed by atoms with van der Waals surface area (Å²) in [5.41, 5.74) is 1.26. The van der Waals surface area contributed by atoms with Crippen LogP contribution in [0.1, 0.15) is 19.3 Å². The third kappa shape index (κ3) is 3.66. The lowest BCUT2D eigenvalue weighted by Crippen LogP contribution is -2.38. The Balaban J connectivity index is 1.47. The van der Waals surface area contributed by atoms with Crippen molar-refractivity contribution in [3.63, 3.8) is 0 Å². The Hall–Kier alpha value is -0.770. The molecule has 2 fully saturated rings. The van der Waals surface area contributed by atoms with Gasteiger partial charge in [-0.05, 0) is 49.9 Å². The van der Waals surface area contributed by atoms with Crippen LogP contribution in [0.2, 0.25) is 5.02 Å². The molecule has 20 heavy (non-hydrogen) atoms. The summed E-state index contributed by atoms with van der Waals surface area (Å²) in [7, 11) is 0. The molecule has 3 rings (SSSR count). The van der Waals surface area contributed by atoms with Crippen molar-refractivity contribution in [3.05, 3.63) is 29.3 Å². The molecule has 3 nitrogen and oxygen atoms in total. The molecule has 2 aliphatic rings. The number of nitrogens with one attached hydrogen (secondary N) is 1. The summed E-state index contributed by atoms with van der Waals surface area (Å²) in [6.07, 6.45) is 3.58. The summed E-state index contributed by atoms with van der Waals surface area (Å²) in [6.45, 7) is 5.23. The average molecular weight is 295 g/mol. The van der Waals surface area contributed by atoms with E-state index in [1.807, 2.05) is 12.1 Å². The highest BCUT2D eigenvalue weighted by Gasteiger charge is 2.24. The van der Waals surface area contributed by atoms with Gasteiger partial charge in [0.05, 0.1) is 0 Å².